The molecule has 0 aliphatic rings. The molecule has 0 spiro atoms. The molecule has 0 aliphatic carbocycles. The fourth-order valence-corrected chi connectivity index (χ4v) is 1.30. The van der Waals surface area contributed by atoms with Gasteiger partial charge in [0.05, 0.1) is 13.0 Å². The van der Waals surface area contributed by atoms with E-state index in [2.05, 4.69) is 4.74 Å². The van der Waals surface area contributed by atoms with Gasteiger partial charge in [-0.1, -0.05) is 37.3 Å². The van der Waals surface area contributed by atoms with Crippen molar-refractivity contribution in [2.45, 2.75) is 13.0 Å². The number of hydrogen-bond acceptors (Lipinski definition) is 3. The average Bonchev–Trinajstić information content (AvgIpc) is 2.27. The van der Waals surface area contributed by atoms with Crippen molar-refractivity contribution in [3.63, 3.8) is 0 Å². The van der Waals surface area contributed by atoms with Crippen LogP contribution in [0.4, 0.5) is 0 Å². The van der Waals surface area contributed by atoms with Crippen LogP contribution >= 0.6 is 0 Å². The number of carbonyl (C=O) groups excluding carboxylic acids is 1. The summed E-state index contributed by atoms with van der Waals surface area (Å²) in [5, 5.41) is 0. The quantitative estimate of drug-likeness (QED) is 0.740. The molecule has 0 saturated carbocycles. The number of methoxy groups -OCH3 is 1. The van der Waals surface area contributed by atoms with Crippen LogP contribution in [0.25, 0.3) is 0 Å². The molecule has 1 aromatic rings. The third-order valence-corrected chi connectivity index (χ3v) is 2.30. The molecule has 2 N–H and O–H groups in total. The van der Waals surface area contributed by atoms with Gasteiger partial charge in [0.25, 0.3) is 0 Å². The van der Waals surface area contributed by atoms with Crippen molar-refractivity contribution in [3.8, 4) is 0 Å². The summed E-state index contributed by atoms with van der Waals surface area (Å²) in [4.78, 5) is 11.2. The van der Waals surface area contributed by atoms with Gasteiger partial charge in [0.1, 0.15) is 0 Å². The van der Waals surface area contributed by atoms with Gasteiger partial charge >= 0.3 is 5.97 Å². The van der Waals surface area contributed by atoms with Gasteiger partial charge in [0, 0.05) is 6.04 Å². The van der Waals surface area contributed by atoms with E-state index in [4.69, 9.17) is 5.73 Å². The van der Waals surface area contributed by atoms with Gasteiger partial charge in [-0.2, -0.15) is 0 Å². The summed E-state index contributed by atoms with van der Waals surface area (Å²) < 4.78 is 4.64. The largest absolute Gasteiger partial charge is 0.469 e. The van der Waals surface area contributed by atoms with Crippen LogP contribution in [0.3, 0.4) is 0 Å². The van der Waals surface area contributed by atoms with Gasteiger partial charge in [-0.15, -0.1) is 0 Å². The Balaban J connectivity index is 2.75. The van der Waals surface area contributed by atoms with Crippen LogP contribution in [0.15, 0.2) is 30.3 Å². The zero-order chi connectivity index (χ0) is 10.6. The molecule has 0 aromatic heterocycles. The minimum atomic E-state index is -0.317. The van der Waals surface area contributed by atoms with E-state index in [-0.39, 0.29) is 17.9 Å². The predicted octanol–water partition coefficient (Wildman–Crippen LogP) is 1.50. The Labute approximate surface area is 83.9 Å². The van der Waals surface area contributed by atoms with Crippen molar-refractivity contribution in [2.75, 3.05) is 7.11 Å². The lowest BCUT2D eigenvalue weighted by molar-refractivity contribution is -0.145. The Hall–Kier alpha value is -1.35. The first-order valence-electron chi connectivity index (χ1n) is 4.55. The second-order valence-electron chi connectivity index (χ2n) is 3.25. The van der Waals surface area contributed by atoms with Gasteiger partial charge in [-0.3, -0.25) is 4.79 Å². The minimum absolute atomic E-state index is 0.277. The van der Waals surface area contributed by atoms with Gasteiger partial charge in [0.2, 0.25) is 0 Å². The summed E-state index contributed by atoms with van der Waals surface area (Å²) in [5.74, 6) is -0.594. The van der Waals surface area contributed by atoms with Crippen molar-refractivity contribution in [2.24, 2.45) is 11.7 Å². The molecule has 3 heteroatoms. The molecule has 0 radical (unpaired) electrons. The first kappa shape index (κ1) is 10.7. The summed E-state index contributed by atoms with van der Waals surface area (Å²) in [7, 11) is 1.37. The standard InChI is InChI=1S/C11H15NO2/c1-8(11(13)14-2)10(12)9-6-4-3-5-7-9/h3-8,10H,12H2,1-2H3/t8-,10?/m0/s1. The highest BCUT2D eigenvalue weighted by molar-refractivity contribution is 5.73. The highest BCUT2D eigenvalue weighted by Gasteiger charge is 2.22. The van der Waals surface area contributed by atoms with E-state index in [1.807, 2.05) is 30.3 Å². The number of hydrogen-bond donors (Lipinski definition) is 1. The molecular formula is C11H15NO2. The summed E-state index contributed by atoms with van der Waals surface area (Å²) in [5.41, 5.74) is 6.86. The van der Waals surface area contributed by atoms with E-state index >= 15 is 0 Å². The van der Waals surface area contributed by atoms with Crippen molar-refractivity contribution in [3.05, 3.63) is 35.9 Å². The topological polar surface area (TPSA) is 52.3 Å². The van der Waals surface area contributed by atoms with Crippen LogP contribution in [0, 0.1) is 5.92 Å². The molecule has 0 saturated heterocycles. The molecule has 0 bridgehead atoms. The van der Waals surface area contributed by atoms with Crippen LogP contribution in [0.2, 0.25) is 0 Å². The fraction of sp³-hybridized carbons (Fsp3) is 0.364. The van der Waals surface area contributed by atoms with Crippen LogP contribution in [0.1, 0.15) is 18.5 Å². The fourth-order valence-electron chi connectivity index (χ4n) is 1.30. The molecule has 1 unspecified atom stereocenters. The molecular weight excluding hydrogens is 178 g/mol. The molecule has 2 atom stereocenters. The summed E-state index contributed by atoms with van der Waals surface area (Å²) in [6, 6.07) is 9.23. The first-order chi connectivity index (χ1) is 6.66. The second-order valence-corrected chi connectivity index (χ2v) is 3.25. The van der Waals surface area contributed by atoms with Crippen molar-refractivity contribution >= 4 is 5.97 Å². The number of benzene rings is 1. The maximum atomic E-state index is 11.2. The van der Waals surface area contributed by atoms with Crippen LogP contribution < -0.4 is 5.73 Å². The van der Waals surface area contributed by atoms with Crippen molar-refractivity contribution in [1.82, 2.24) is 0 Å². The van der Waals surface area contributed by atoms with Gasteiger partial charge in [0.15, 0.2) is 0 Å². The molecule has 3 nitrogen and oxygen atoms in total. The molecule has 14 heavy (non-hydrogen) atoms. The number of ether oxygens (including phenoxy) is 1. The SMILES string of the molecule is COC(=O)[C@@H](C)C(N)c1ccccc1. The molecule has 0 amide bonds. The third kappa shape index (κ3) is 2.33. The molecule has 76 valence electrons. The molecule has 1 aromatic carbocycles. The lowest BCUT2D eigenvalue weighted by Gasteiger charge is -2.17. The highest BCUT2D eigenvalue weighted by atomic mass is 16.5. The maximum absolute atomic E-state index is 11.2. The van der Waals surface area contributed by atoms with E-state index < -0.39 is 0 Å². The molecule has 1 rings (SSSR count). The highest BCUT2D eigenvalue weighted by Crippen LogP contribution is 2.19. The zero-order valence-electron chi connectivity index (χ0n) is 8.44. The molecule has 0 fully saturated rings. The van der Waals surface area contributed by atoms with E-state index in [9.17, 15) is 4.79 Å². The average molecular weight is 193 g/mol. The number of carbonyl (C=O) groups is 1. The minimum Gasteiger partial charge on any atom is -0.469 e. The Kier molecular flexibility index (Phi) is 3.65. The Morgan fingerprint density at radius 1 is 1.36 bits per heavy atom. The third-order valence-electron chi connectivity index (χ3n) is 2.30. The van der Waals surface area contributed by atoms with E-state index in [1.165, 1.54) is 7.11 Å². The van der Waals surface area contributed by atoms with E-state index in [1.54, 1.807) is 6.92 Å². The lowest BCUT2D eigenvalue weighted by Crippen LogP contribution is -2.26. The predicted molar refractivity (Wildman–Crippen MR) is 54.6 cm³/mol. The molecule has 0 aliphatic heterocycles. The van der Waals surface area contributed by atoms with Gasteiger partial charge in [-0.05, 0) is 5.56 Å². The second kappa shape index (κ2) is 4.77. The lowest BCUT2D eigenvalue weighted by atomic mass is 9.96. The first-order valence-corrected chi connectivity index (χ1v) is 4.55. The smallest absolute Gasteiger partial charge is 0.310 e. The maximum Gasteiger partial charge on any atom is 0.310 e. The monoisotopic (exact) mass is 193 g/mol. The summed E-state index contributed by atoms with van der Waals surface area (Å²) in [6.07, 6.45) is 0. The van der Waals surface area contributed by atoms with Crippen LogP contribution in [-0.2, 0) is 9.53 Å². The Morgan fingerprint density at radius 2 is 1.93 bits per heavy atom. The number of rotatable bonds is 3. The molecule has 0 heterocycles. The number of nitrogens with two attached hydrogens (primary N) is 1. The van der Waals surface area contributed by atoms with E-state index in [0.717, 1.165) is 5.56 Å². The Bertz CT molecular complexity index is 297. The van der Waals surface area contributed by atoms with Gasteiger partial charge in [-0.25, -0.2) is 0 Å². The summed E-state index contributed by atoms with van der Waals surface area (Å²) >= 11 is 0. The van der Waals surface area contributed by atoms with E-state index in [0.29, 0.717) is 0 Å². The van der Waals surface area contributed by atoms with Gasteiger partial charge < -0.3 is 10.5 Å². The Morgan fingerprint density at radius 3 is 2.43 bits per heavy atom. The van der Waals surface area contributed by atoms with Crippen LogP contribution in [0.5, 0.6) is 0 Å². The zero-order valence-corrected chi connectivity index (χ0v) is 8.44. The number of esters is 1. The normalized spacial score (nSPS) is 14.5. The van der Waals surface area contributed by atoms with Crippen molar-refractivity contribution < 1.29 is 9.53 Å². The van der Waals surface area contributed by atoms with Crippen molar-refractivity contribution in [1.29, 1.82) is 0 Å². The van der Waals surface area contributed by atoms with Crippen LogP contribution in [-0.4, -0.2) is 13.1 Å². The summed E-state index contributed by atoms with van der Waals surface area (Å²) in [6.45, 7) is 1.77.